The Balaban J connectivity index is 1.97. The first-order chi connectivity index (χ1) is 9.94. The molecule has 0 bridgehead atoms. The molecule has 1 aliphatic rings. The maximum Gasteiger partial charge on any atom is 0.279 e. The molecular weight excluding hydrogens is 297 g/mol. The van der Waals surface area contributed by atoms with E-state index in [9.17, 15) is 12.8 Å². The van der Waals surface area contributed by atoms with Crippen molar-refractivity contribution in [3.05, 3.63) is 29.3 Å². The SMILES string of the molecule is COC1CCN(S(=O)(=O)NCc2nccc(C)c2F)CC1. The summed E-state index contributed by atoms with van der Waals surface area (Å²) in [7, 11) is -2.00. The third-order valence-electron chi connectivity index (χ3n) is 3.65. The van der Waals surface area contributed by atoms with Crippen molar-refractivity contribution >= 4 is 10.2 Å². The Morgan fingerprint density at radius 2 is 2.14 bits per heavy atom. The molecule has 0 aromatic carbocycles. The van der Waals surface area contributed by atoms with Crippen LogP contribution >= 0.6 is 0 Å². The van der Waals surface area contributed by atoms with Gasteiger partial charge in [-0.3, -0.25) is 4.98 Å². The molecule has 8 heteroatoms. The lowest BCUT2D eigenvalue weighted by Gasteiger charge is -2.30. The van der Waals surface area contributed by atoms with Gasteiger partial charge in [0.25, 0.3) is 10.2 Å². The van der Waals surface area contributed by atoms with E-state index in [4.69, 9.17) is 4.74 Å². The zero-order valence-corrected chi connectivity index (χ0v) is 13.0. The van der Waals surface area contributed by atoms with Crippen LogP contribution in [0.5, 0.6) is 0 Å². The predicted molar refractivity (Wildman–Crippen MR) is 76.3 cm³/mol. The van der Waals surface area contributed by atoms with E-state index in [1.165, 1.54) is 10.5 Å². The minimum atomic E-state index is -3.62. The Labute approximate surface area is 124 Å². The first-order valence-electron chi connectivity index (χ1n) is 6.81. The fourth-order valence-corrected chi connectivity index (χ4v) is 3.47. The van der Waals surface area contributed by atoms with E-state index in [-0.39, 0.29) is 18.3 Å². The lowest BCUT2D eigenvalue weighted by atomic mass is 10.1. The molecule has 6 nitrogen and oxygen atoms in total. The molecule has 1 fully saturated rings. The summed E-state index contributed by atoms with van der Waals surface area (Å²) < 4.78 is 47.1. The van der Waals surface area contributed by atoms with Gasteiger partial charge in [0, 0.05) is 26.4 Å². The standard InChI is InChI=1S/C13H20FN3O3S/c1-10-3-6-15-12(13(10)14)9-16-21(18,19)17-7-4-11(20-2)5-8-17/h3,6,11,16H,4-5,7-9H2,1-2H3. The predicted octanol–water partition coefficient (Wildman–Crippen LogP) is 0.974. The molecule has 0 radical (unpaired) electrons. The Bertz CT molecular complexity index is 586. The summed E-state index contributed by atoms with van der Waals surface area (Å²) in [6, 6.07) is 1.54. The van der Waals surface area contributed by atoms with Crippen molar-refractivity contribution in [2.45, 2.75) is 32.4 Å². The van der Waals surface area contributed by atoms with Gasteiger partial charge in [-0.25, -0.2) is 4.39 Å². The topological polar surface area (TPSA) is 71.5 Å². The Morgan fingerprint density at radius 1 is 1.48 bits per heavy atom. The van der Waals surface area contributed by atoms with Crippen LogP contribution in [0.15, 0.2) is 12.3 Å². The molecule has 0 atom stereocenters. The molecule has 0 saturated carbocycles. The quantitative estimate of drug-likeness (QED) is 0.878. The van der Waals surface area contributed by atoms with Gasteiger partial charge in [0.05, 0.1) is 18.3 Å². The Morgan fingerprint density at radius 3 is 2.76 bits per heavy atom. The van der Waals surface area contributed by atoms with E-state index in [0.717, 1.165) is 0 Å². The summed E-state index contributed by atoms with van der Waals surface area (Å²) >= 11 is 0. The lowest BCUT2D eigenvalue weighted by Crippen LogP contribution is -2.46. The van der Waals surface area contributed by atoms with Crippen molar-refractivity contribution in [2.24, 2.45) is 0 Å². The van der Waals surface area contributed by atoms with Crippen molar-refractivity contribution in [2.75, 3.05) is 20.2 Å². The second-order valence-electron chi connectivity index (χ2n) is 5.05. The van der Waals surface area contributed by atoms with Crippen LogP contribution in [0.3, 0.4) is 0 Å². The molecular formula is C13H20FN3O3S. The molecule has 0 unspecified atom stereocenters. The van der Waals surface area contributed by atoms with E-state index in [0.29, 0.717) is 31.5 Å². The molecule has 118 valence electrons. The summed E-state index contributed by atoms with van der Waals surface area (Å²) in [4.78, 5) is 3.87. The summed E-state index contributed by atoms with van der Waals surface area (Å²) in [5.41, 5.74) is 0.547. The van der Waals surface area contributed by atoms with E-state index in [1.807, 2.05) is 0 Å². The van der Waals surface area contributed by atoms with E-state index in [1.54, 1.807) is 20.1 Å². The van der Waals surface area contributed by atoms with Gasteiger partial charge in [-0.15, -0.1) is 0 Å². The molecule has 1 saturated heterocycles. The smallest absolute Gasteiger partial charge is 0.279 e. The minimum Gasteiger partial charge on any atom is -0.381 e. The maximum absolute atomic E-state index is 13.8. The number of rotatable bonds is 5. The largest absolute Gasteiger partial charge is 0.381 e. The molecule has 0 amide bonds. The molecule has 0 aliphatic carbocycles. The third-order valence-corrected chi connectivity index (χ3v) is 5.20. The number of aryl methyl sites for hydroxylation is 1. The fourth-order valence-electron chi connectivity index (χ4n) is 2.28. The number of hydrogen-bond acceptors (Lipinski definition) is 4. The van der Waals surface area contributed by atoms with Crippen LogP contribution in [-0.2, 0) is 21.5 Å². The minimum absolute atomic E-state index is 0.102. The zero-order chi connectivity index (χ0) is 15.5. The summed E-state index contributed by atoms with van der Waals surface area (Å²) in [6.07, 6.45) is 2.89. The van der Waals surface area contributed by atoms with E-state index < -0.39 is 16.0 Å². The van der Waals surface area contributed by atoms with Crippen molar-refractivity contribution in [1.82, 2.24) is 14.0 Å². The number of ether oxygens (including phenoxy) is 1. The monoisotopic (exact) mass is 317 g/mol. The Kier molecular flexibility index (Phi) is 5.26. The van der Waals surface area contributed by atoms with Crippen LogP contribution in [0, 0.1) is 12.7 Å². The number of nitrogens with one attached hydrogen (secondary N) is 1. The first kappa shape index (κ1) is 16.3. The van der Waals surface area contributed by atoms with Crippen molar-refractivity contribution in [3.8, 4) is 0 Å². The average Bonchev–Trinajstić information content (AvgIpc) is 2.49. The van der Waals surface area contributed by atoms with Gasteiger partial charge in [-0.2, -0.15) is 17.4 Å². The van der Waals surface area contributed by atoms with Gasteiger partial charge in [0.2, 0.25) is 0 Å². The van der Waals surface area contributed by atoms with Crippen LogP contribution in [-0.4, -0.2) is 44.0 Å². The van der Waals surface area contributed by atoms with Crippen LogP contribution < -0.4 is 4.72 Å². The molecule has 1 aromatic heterocycles. The first-order valence-corrected chi connectivity index (χ1v) is 8.25. The molecule has 2 heterocycles. The highest BCUT2D eigenvalue weighted by Gasteiger charge is 2.27. The highest BCUT2D eigenvalue weighted by molar-refractivity contribution is 7.87. The number of hydrogen-bond donors (Lipinski definition) is 1. The second-order valence-corrected chi connectivity index (χ2v) is 6.80. The third kappa shape index (κ3) is 3.97. The average molecular weight is 317 g/mol. The molecule has 0 spiro atoms. The number of pyridine rings is 1. The highest BCUT2D eigenvalue weighted by atomic mass is 32.2. The number of aromatic nitrogens is 1. The molecule has 1 aromatic rings. The lowest BCUT2D eigenvalue weighted by molar-refractivity contribution is 0.0602. The van der Waals surface area contributed by atoms with Crippen LogP contribution in [0.2, 0.25) is 0 Å². The molecule has 1 N–H and O–H groups in total. The van der Waals surface area contributed by atoms with Gasteiger partial charge in [0.15, 0.2) is 0 Å². The van der Waals surface area contributed by atoms with Crippen LogP contribution in [0.1, 0.15) is 24.1 Å². The van der Waals surface area contributed by atoms with Gasteiger partial charge in [-0.05, 0) is 31.4 Å². The number of methoxy groups -OCH3 is 1. The summed E-state index contributed by atoms with van der Waals surface area (Å²) in [5.74, 6) is -0.474. The van der Waals surface area contributed by atoms with Crippen molar-refractivity contribution in [1.29, 1.82) is 0 Å². The molecule has 1 aliphatic heterocycles. The number of halogens is 1. The zero-order valence-electron chi connectivity index (χ0n) is 12.2. The fraction of sp³-hybridized carbons (Fsp3) is 0.615. The highest BCUT2D eigenvalue weighted by Crippen LogP contribution is 2.16. The van der Waals surface area contributed by atoms with E-state index >= 15 is 0 Å². The van der Waals surface area contributed by atoms with Gasteiger partial charge in [-0.1, -0.05) is 0 Å². The van der Waals surface area contributed by atoms with Gasteiger partial charge >= 0.3 is 0 Å². The maximum atomic E-state index is 13.8. The van der Waals surface area contributed by atoms with E-state index in [2.05, 4.69) is 9.71 Å². The normalized spacial score (nSPS) is 18.0. The Hall–Kier alpha value is -1.09. The summed E-state index contributed by atoms with van der Waals surface area (Å²) in [5, 5.41) is 0. The summed E-state index contributed by atoms with van der Waals surface area (Å²) in [6.45, 7) is 2.26. The van der Waals surface area contributed by atoms with Crippen LogP contribution in [0.25, 0.3) is 0 Å². The second kappa shape index (κ2) is 6.78. The molecule has 2 rings (SSSR count). The molecule has 21 heavy (non-hydrogen) atoms. The van der Waals surface area contributed by atoms with Crippen LogP contribution in [0.4, 0.5) is 4.39 Å². The number of piperidine rings is 1. The van der Waals surface area contributed by atoms with Gasteiger partial charge < -0.3 is 4.74 Å². The number of nitrogens with zero attached hydrogens (tertiary/aromatic N) is 2. The van der Waals surface area contributed by atoms with Crippen molar-refractivity contribution < 1.29 is 17.5 Å². The van der Waals surface area contributed by atoms with Crippen molar-refractivity contribution in [3.63, 3.8) is 0 Å². The van der Waals surface area contributed by atoms with Gasteiger partial charge in [0.1, 0.15) is 5.82 Å².